The molecular weight excluding hydrogens is 328 g/mol. The minimum Gasteiger partial charge on any atom is -0.497 e. The monoisotopic (exact) mass is 356 g/mol. The fourth-order valence-corrected chi connectivity index (χ4v) is 2.64. The van der Waals surface area contributed by atoms with E-state index in [-0.39, 0.29) is 28.5 Å². The highest BCUT2D eigenvalue weighted by atomic mass is 16.5. The summed E-state index contributed by atoms with van der Waals surface area (Å²) in [5.74, 6) is 0.488. The number of carbonyl (C=O) groups excluding carboxylic acids is 1. The molecule has 0 aliphatic heterocycles. The molecule has 1 heterocycles. The van der Waals surface area contributed by atoms with Crippen LogP contribution < -0.4 is 15.6 Å². The third kappa shape index (κ3) is 5.22. The van der Waals surface area contributed by atoms with Gasteiger partial charge in [0.1, 0.15) is 11.3 Å². The van der Waals surface area contributed by atoms with E-state index in [0.29, 0.717) is 0 Å². The highest BCUT2D eigenvalue weighted by Crippen LogP contribution is 2.18. The van der Waals surface area contributed by atoms with E-state index in [1.807, 2.05) is 52.0 Å². The van der Waals surface area contributed by atoms with Crippen molar-refractivity contribution in [2.75, 3.05) is 7.11 Å². The van der Waals surface area contributed by atoms with Gasteiger partial charge in [-0.15, -0.1) is 0 Å². The number of rotatable bonds is 6. The van der Waals surface area contributed by atoms with Crippen LogP contribution in [0.1, 0.15) is 55.7 Å². The number of amides is 1. The Kier molecular flexibility index (Phi) is 6.24. The number of pyridine rings is 1. The molecule has 0 unspecified atom stereocenters. The summed E-state index contributed by atoms with van der Waals surface area (Å²) in [6.45, 7) is 7.98. The number of aromatic nitrogens is 1. The van der Waals surface area contributed by atoms with Gasteiger partial charge in [-0.05, 0) is 49.6 Å². The van der Waals surface area contributed by atoms with Gasteiger partial charge in [-0.1, -0.05) is 32.9 Å². The van der Waals surface area contributed by atoms with Gasteiger partial charge >= 0.3 is 0 Å². The van der Waals surface area contributed by atoms with E-state index in [1.165, 1.54) is 5.56 Å². The molecule has 1 aromatic heterocycles. The first-order chi connectivity index (χ1) is 12.2. The highest BCUT2D eigenvalue weighted by molar-refractivity contribution is 5.93. The number of aromatic amines is 1. The summed E-state index contributed by atoms with van der Waals surface area (Å²) >= 11 is 0. The van der Waals surface area contributed by atoms with E-state index in [4.69, 9.17) is 4.74 Å². The molecule has 0 bridgehead atoms. The first-order valence-electron chi connectivity index (χ1n) is 8.88. The largest absolute Gasteiger partial charge is 0.497 e. The van der Waals surface area contributed by atoms with Crippen LogP contribution in [-0.4, -0.2) is 24.0 Å². The molecule has 0 saturated heterocycles. The van der Waals surface area contributed by atoms with Crippen LogP contribution in [0.2, 0.25) is 0 Å². The summed E-state index contributed by atoms with van der Waals surface area (Å²) in [6, 6.07) is 11.3. The Morgan fingerprint density at radius 1 is 1.15 bits per heavy atom. The van der Waals surface area contributed by atoms with E-state index in [2.05, 4.69) is 10.3 Å². The number of aryl methyl sites for hydroxylation is 1. The molecule has 2 rings (SSSR count). The van der Waals surface area contributed by atoms with Crippen molar-refractivity contribution in [2.24, 2.45) is 0 Å². The molecule has 0 radical (unpaired) electrons. The van der Waals surface area contributed by atoms with E-state index < -0.39 is 0 Å². The second-order valence-electron chi connectivity index (χ2n) is 7.63. The van der Waals surface area contributed by atoms with Crippen LogP contribution in [0, 0.1) is 0 Å². The zero-order valence-corrected chi connectivity index (χ0v) is 16.2. The summed E-state index contributed by atoms with van der Waals surface area (Å²) in [4.78, 5) is 27.4. The fraction of sp³-hybridized carbons (Fsp3) is 0.429. The van der Waals surface area contributed by atoms with Gasteiger partial charge in [-0.25, -0.2) is 0 Å². The van der Waals surface area contributed by atoms with E-state index >= 15 is 0 Å². The van der Waals surface area contributed by atoms with E-state index in [9.17, 15) is 9.59 Å². The Bertz CT molecular complexity index is 801. The molecule has 0 aliphatic rings. The zero-order valence-electron chi connectivity index (χ0n) is 16.2. The van der Waals surface area contributed by atoms with Crippen molar-refractivity contribution >= 4 is 5.91 Å². The Morgan fingerprint density at radius 3 is 2.35 bits per heavy atom. The maximum atomic E-state index is 12.4. The summed E-state index contributed by atoms with van der Waals surface area (Å²) in [7, 11) is 1.64. The van der Waals surface area contributed by atoms with Crippen LogP contribution in [0.5, 0.6) is 5.75 Å². The van der Waals surface area contributed by atoms with Crippen LogP contribution in [0.3, 0.4) is 0 Å². The summed E-state index contributed by atoms with van der Waals surface area (Å²) in [5.41, 5.74) is 1.62. The van der Waals surface area contributed by atoms with Crippen LogP contribution in [0.25, 0.3) is 0 Å². The van der Waals surface area contributed by atoms with Crippen molar-refractivity contribution in [1.29, 1.82) is 0 Å². The van der Waals surface area contributed by atoms with E-state index in [0.717, 1.165) is 24.3 Å². The van der Waals surface area contributed by atoms with E-state index in [1.54, 1.807) is 19.2 Å². The average Bonchev–Trinajstić information content (AvgIpc) is 2.59. The van der Waals surface area contributed by atoms with Crippen LogP contribution in [-0.2, 0) is 11.8 Å². The van der Waals surface area contributed by atoms with Crippen molar-refractivity contribution in [2.45, 2.75) is 52.0 Å². The van der Waals surface area contributed by atoms with Gasteiger partial charge in [0, 0.05) is 17.2 Å². The predicted molar refractivity (Wildman–Crippen MR) is 104 cm³/mol. The molecule has 1 atom stereocenters. The summed E-state index contributed by atoms with van der Waals surface area (Å²) < 4.78 is 5.15. The average molecular weight is 356 g/mol. The second-order valence-corrected chi connectivity index (χ2v) is 7.63. The topological polar surface area (TPSA) is 71.2 Å². The van der Waals surface area contributed by atoms with Gasteiger partial charge in [0.2, 0.25) is 0 Å². The molecule has 1 aromatic carbocycles. The molecular formula is C21H28N2O3. The first-order valence-corrected chi connectivity index (χ1v) is 8.88. The minimum atomic E-state index is -0.350. The molecule has 0 saturated carbocycles. The summed E-state index contributed by atoms with van der Waals surface area (Å²) in [6.07, 6.45) is 1.63. The van der Waals surface area contributed by atoms with Gasteiger partial charge in [-0.3, -0.25) is 9.59 Å². The second kappa shape index (κ2) is 8.21. The Hall–Kier alpha value is -2.56. The number of hydrogen-bond acceptors (Lipinski definition) is 3. The highest BCUT2D eigenvalue weighted by Gasteiger charge is 2.18. The maximum Gasteiger partial charge on any atom is 0.261 e. The lowest BCUT2D eigenvalue weighted by Gasteiger charge is -2.19. The van der Waals surface area contributed by atoms with Gasteiger partial charge in [-0.2, -0.15) is 0 Å². The molecule has 2 N–H and O–H groups in total. The van der Waals surface area contributed by atoms with Crippen LogP contribution in [0.15, 0.2) is 41.2 Å². The van der Waals surface area contributed by atoms with Crippen molar-refractivity contribution < 1.29 is 9.53 Å². The Morgan fingerprint density at radius 2 is 1.81 bits per heavy atom. The van der Waals surface area contributed by atoms with Crippen LogP contribution in [0.4, 0.5) is 0 Å². The Balaban J connectivity index is 1.95. The van der Waals surface area contributed by atoms with Gasteiger partial charge in [0.05, 0.1) is 7.11 Å². The number of carbonyl (C=O) groups is 1. The molecule has 140 valence electrons. The number of nitrogens with one attached hydrogen (secondary N) is 2. The number of methoxy groups -OCH3 is 1. The predicted octanol–water partition coefficient (Wildman–Crippen LogP) is 3.43. The third-order valence-electron chi connectivity index (χ3n) is 4.36. The molecule has 0 aliphatic carbocycles. The molecule has 26 heavy (non-hydrogen) atoms. The quantitative estimate of drug-likeness (QED) is 0.833. The minimum absolute atomic E-state index is 0.0358. The Labute approximate surface area is 154 Å². The normalized spacial score (nSPS) is 12.5. The fourth-order valence-electron chi connectivity index (χ4n) is 2.64. The summed E-state index contributed by atoms with van der Waals surface area (Å²) in [5, 5.41) is 2.90. The first kappa shape index (κ1) is 19.8. The number of ether oxygens (including phenoxy) is 1. The third-order valence-corrected chi connectivity index (χ3v) is 4.36. The van der Waals surface area contributed by atoms with Gasteiger partial charge in [0.15, 0.2) is 0 Å². The number of hydrogen-bond donors (Lipinski definition) is 2. The van der Waals surface area contributed by atoms with Crippen molar-refractivity contribution in [1.82, 2.24) is 10.3 Å². The molecule has 2 aromatic rings. The zero-order chi connectivity index (χ0) is 19.3. The molecule has 5 nitrogen and oxygen atoms in total. The number of H-pyrrole nitrogens is 1. The van der Waals surface area contributed by atoms with Crippen molar-refractivity contribution in [3.63, 3.8) is 0 Å². The molecule has 0 spiro atoms. The smallest absolute Gasteiger partial charge is 0.261 e. The SMILES string of the molecule is COc1ccc(CC[C@@H](C)NC(=O)c2ccc(C(C)(C)C)[nH]c2=O)cc1. The van der Waals surface area contributed by atoms with Crippen molar-refractivity contribution in [3.8, 4) is 5.75 Å². The lowest BCUT2D eigenvalue weighted by atomic mass is 9.91. The lowest BCUT2D eigenvalue weighted by Crippen LogP contribution is -2.36. The molecule has 1 amide bonds. The molecule has 5 heteroatoms. The molecule has 0 fully saturated rings. The van der Waals surface area contributed by atoms with Gasteiger partial charge in [0.25, 0.3) is 11.5 Å². The number of benzene rings is 1. The maximum absolute atomic E-state index is 12.4. The van der Waals surface area contributed by atoms with Crippen molar-refractivity contribution in [3.05, 3.63) is 63.6 Å². The van der Waals surface area contributed by atoms with Gasteiger partial charge < -0.3 is 15.0 Å². The lowest BCUT2D eigenvalue weighted by molar-refractivity contribution is 0.0937. The van der Waals surface area contributed by atoms with Crippen LogP contribution >= 0.6 is 0 Å². The standard InChI is InChI=1S/C21H28N2O3/c1-14(6-7-15-8-10-16(26-5)11-9-15)22-19(24)17-12-13-18(21(2,3)4)23-20(17)25/h8-14H,6-7H2,1-5H3,(H,22,24)(H,23,25)/t14-/m1/s1.